The highest BCUT2D eigenvalue weighted by molar-refractivity contribution is 6.01. The van der Waals surface area contributed by atoms with Gasteiger partial charge in [-0.3, -0.25) is 9.59 Å². The molecule has 0 saturated carbocycles. The number of halogens is 3. The molecule has 2 fully saturated rings. The highest BCUT2D eigenvalue weighted by atomic mass is 19.4. The van der Waals surface area contributed by atoms with E-state index >= 15 is 0 Å². The predicted molar refractivity (Wildman–Crippen MR) is 94.7 cm³/mol. The lowest BCUT2D eigenvalue weighted by Crippen LogP contribution is -2.51. The van der Waals surface area contributed by atoms with Crippen molar-refractivity contribution in [1.82, 2.24) is 4.90 Å². The highest BCUT2D eigenvalue weighted by Gasteiger charge is 2.48. The number of rotatable bonds is 2. The number of hydrogen-bond donors (Lipinski definition) is 0. The SMILES string of the molecule is O=C(C1CCCN1C(=O)C(F)(F)F)N1CCc2ccc(N3CCCC3)cc21. The lowest BCUT2D eigenvalue weighted by atomic mass is 10.1. The van der Waals surface area contributed by atoms with E-state index in [0.717, 1.165) is 42.9 Å². The molecule has 5 nitrogen and oxygen atoms in total. The number of alkyl halides is 3. The van der Waals surface area contributed by atoms with E-state index < -0.39 is 24.0 Å². The fraction of sp³-hybridized carbons (Fsp3) is 0.579. The zero-order valence-electron chi connectivity index (χ0n) is 15.0. The topological polar surface area (TPSA) is 43.9 Å². The molecule has 0 N–H and O–H groups in total. The van der Waals surface area contributed by atoms with Crippen LogP contribution in [0.3, 0.4) is 0 Å². The maximum atomic E-state index is 13.0. The van der Waals surface area contributed by atoms with Gasteiger partial charge in [0.05, 0.1) is 0 Å². The summed E-state index contributed by atoms with van der Waals surface area (Å²) in [5.41, 5.74) is 2.84. The Morgan fingerprint density at radius 2 is 1.74 bits per heavy atom. The van der Waals surface area contributed by atoms with Crippen LogP contribution in [0.2, 0.25) is 0 Å². The maximum absolute atomic E-state index is 13.0. The van der Waals surface area contributed by atoms with E-state index in [1.165, 1.54) is 0 Å². The van der Waals surface area contributed by atoms with Crippen molar-refractivity contribution >= 4 is 23.2 Å². The molecular formula is C19H22F3N3O2. The summed E-state index contributed by atoms with van der Waals surface area (Å²) in [5, 5.41) is 0. The molecule has 2 amide bonds. The lowest BCUT2D eigenvalue weighted by Gasteiger charge is -2.29. The van der Waals surface area contributed by atoms with Crippen molar-refractivity contribution in [2.24, 2.45) is 0 Å². The van der Waals surface area contributed by atoms with Gasteiger partial charge < -0.3 is 14.7 Å². The summed E-state index contributed by atoms with van der Waals surface area (Å²) >= 11 is 0. The van der Waals surface area contributed by atoms with Crippen molar-refractivity contribution in [2.75, 3.05) is 36.0 Å². The molecule has 4 rings (SSSR count). The molecule has 1 aromatic rings. The van der Waals surface area contributed by atoms with Crippen LogP contribution in [0.5, 0.6) is 0 Å². The molecule has 3 aliphatic heterocycles. The molecule has 0 aromatic heterocycles. The summed E-state index contributed by atoms with van der Waals surface area (Å²) < 4.78 is 38.6. The van der Waals surface area contributed by atoms with Crippen molar-refractivity contribution in [3.05, 3.63) is 23.8 Å². The number of fused-ring (bicyclic) bond motifs is 1. The molecule has 2 saturated heterocycles. The van der Waals surface area contributed by atoms with Crippen LogP contribution < -0.4 is 9.80 Å². The first-order valence-electron chi connectivity index (χ1n) is 9.43. The first-order valence-corrected chi connectivity index (χ1v) is 9.43. The quantitative estimate of drug-likeness (QED) is 0.791. The van der Waals surface area contributed by atoms with Gasteiger partial charge in [0.15, 0.2) is 0 Å². The Balaban J connectivity index is 1.57. The largest absolute Gasteiger partial charge is 0.471 e. The third-order valence-corrected chi connectivity index (χ3v) is 5.74. The van der Waals surface area contributed by atoms with Crippen molar-refractivity contribution in [2.45, 2.75) is 44.3 Å². The summed E-state index contributed by atoms with van der Waals surface area (Å²) in [6, 6.07) is 4.99. The van der Waals surface area contributed by atoms with Gasteiger partial charge >= 0.3 is 12.1 Å². The second kappa shape index (κ2) is 6.73. The third kappa shape index (κ3) is 3.26. The fourth-order valence-corrected chi connectivity index (χ4v) is 4.38. The van der Waals surface area contributed by atoms with Crippen molar-refractivity contribution in [3.8, 4) is 0 Å². The van der Waals surface area contributed by atoms with Crippen LogP contribution in [0.1, 0.15) is 31.2 Å². The average molecular weight is 381 g/mol. The van der Waals surface area contributed by atoms with Gasteiger partial charge in [-0.25, -0.2) is 0 Å². The minimum Gasteiger partial charge on any atom is -0.371 e. The van der Waals surface area contributed by atoms with Gasteiger partial charge in [0.1, 0.15) is 6.04 Å². The Morgan fingerprint density at radius 3 is 2.44 bits per heavy atom. The molecule has 0 aliphatic carbocycles. The summed E-state index contributed by atoms with van der Waals surface area (Å²) in [4.78, 5) is 29.3. The Morgan fingerprint density at radius 1 is 1.00 bits per heavy atom. The number of carbonyl (C=O) groups is 2. The number of benzene rings is 1. The van der Waals surface area contributed by atoms with Crippen LogP contribution >= 0.6 is 0 Å². The monoisotopic (exact) mass is 381 g/mol. The second-order valence-electron chi connectivity index (χ2n) is 7.40. The van der Waals surface area contributed by atoms with Gasteiger partial charge in [-0.05, 0) is 49.8 Å². The van der Waals surface area contributed by atoms with Crippen LogP contribution in [-0.4, -0.2) is 55.1 Å². The van der Waals surface area contributed by atoms with Gasteiger partial charge in [-0.15, -0.1) is 0 Å². The molecule has 27 heavy (non-hydrogen) atoms. The number of anilines is 2. The number of hydrogen-bond acceptors (Lipinski definition) is 3. The molecule has 146 valence electrons. The number of nitrogens with zero attached hydrogens (tertiary/aromatic N) is 3. The Kier molecular flexibility index (Phi) is 4.52. The molecular weight excluding hydrogens is 359 g/mol. The Hall–Kier alpha value is -2.25. The zero-order valence-corrected chi connectivity index (χ0v) is 15.0. The van der Waals surface area contributed by atoms with Crippen molar-refractivity contribution in [1.29, 1.82) is 0 Å². The Bertz CT molecular complexity index is 759. The van der Waals surface area contributed by atoms with Gasteiger partial charge in [0, 0.05) is 37.6 Å². The standard InChI is InChI=1S/C19H22F3N3O2/c20-19(21,22)18(27)25-10-3-4-15(25)17(26)24-11-7-13-5-6-14(12-16(13)24)23-8-1-2-9-23/h5-6,12,15H,1-4,7-11H2. The van der Waals surface area contributed by atoms with Crippen LogP contribution in [0, 0.1) is 0 Å². The van der Waals surface area contributed by atoms with E-state index in [2.05, 4.69) is 4.90 Å². The van der Waals surface area contributed by atoms with Crippen molar-refractivity contribution < 1.29 is 22.8 Å². The molecule has 0 bridgehead atoms. The molecule has 1 aromatic carbocycles. The van der Waals surface area contributed by atoms with Crippen LogP contribution in [0.4, 0.5) is 24.5 Å². The molecule has 3 heterocycles. The van der Waals surface area contributed by atoms with E-state index in [1.807, 2.05) is 18.2 Å². The minimum absolute atomic E-state index is 0.0245. The first-order chi connectivity index (χ1) is 12.9. The van der Waals surface area contributed by atoms with E-state index in [1.54, 1.807) is 4.90 Å². The molecule has 0 radical (unpaired) electrons. The molecule has 8 heteroatoms. The minimum atomic E-state index is -4.95. The highest BCUT2D eigenvalue weighted by Crippen LogP contribution is 2.35. The number of likely N-dealkylation sites (tertiary alicyclic amines) is 1. The zero-order chi connectivity index (χ0) is 19.2. The van der Waals surface area contributed by atoms with Gasteiger partial charge in [0.2, 0.25) is 5.91 Å². The average Bonchev–Trinajstić information content (AvgIpc) is 3.38. The van der Waals surface area contributed by atoms with Crippen LogP contribution in [-0.2, 0) is 16.0 Å². The van der Waals surface area contributed by atoms with E-state index in [-0.39, 0.29) is 13.0 Å². The number of carbonyl (C=O) groups excluding carboxylic acids is 2. The summed E-state index contributed by atoms with van der Waals surface area (Å²) in [7, 11) is 0. The number of amides is 2. The Labute approximate surface area is 155 Å². The van der Waals surface area contributed by atoms with Gasteiger partial charge in [-0.1, -0.05) is 6.07 Å². The smallest absolute Gasteiger partial charge is 0.371 e. The molecule has 0 spiro atoms. The van der Waals surface area contributed by atoms with E-state index in [0.29, 0.717) is 24.3 Å². The normalized spacial score (nSPS) is 22.5. The maximum Gasteiger partial charge on any atom is 0.471 e. The summed E-state index contributed by atoms with van der Waals surface area (Å²) in [6.07, 6.45) is -1.31. The molecule has 1 atom stereocenters. The first kappa shape index (κ1) is 18.1. The van der Waals surface area contributed by atoms with Crippen molar-refractivity contribution in [3.63, 3.8) is 0 Å². The lowest BCUT2D eigenvalue weighted by molar-refractivity contribution is -0.186. The van der Waals surface area contributed by atoms with E-state index in [4.69, 9.17) is 0 Å². The molecule has 1 unspecified atom stereocenters. The third-order valence-electron chi connectivity index (χ3n) is 5.74. The van der Waals surface area contributed by atoms with E-state index in [9.17, 15) is 22.8 Å². The molecule has 3 aliphatic rings. The van der Waals surface area contributed by atoms with Crippen LogP contribution in [0.15, 0.2) is 18.2 Å². The van der Waals surface area contributed by atoms with Gasteiger partial charge in [-0.2, -0.15) is 13.2 Å². The predicted octanol–water partition coefficient (Wildman–Crippen LogP) is 2.73. The van der Waals surface area contributed by atoms with Crippen LogP contribution in [0.25, 0.3) is 0 Å². The fourth-order valence-electron chi connectivity index (χ4n) is 4.38. The van der Waals surface area contributed by atoms with Gasteiger partial charge in [0.25, 0.3) is 0 Å². The summed E-state index contributed by atoms with van der Waals surface area (Å²) in [5.74, 6) is -2.31. The second-order valence-corrected chi connectivity index (χ2v) is 7.40. The summed E-state index contributed by atoms with van der Waals surface area (Å²) in [6.45, 7) is 2.37.